The zero-order chi connectivity index (χ0) is 14.8. The zero-order valence-corrected chi connectivity index (χ0v) is 13.3. The van der Waals surface area contributed by atoms with Crippen molar-refractivity contribution < 1.29 is 9.47 Å². The minimum absolute atomic E-state index is 0.160. The molecule has 2 N–H and O–H groups in total. The topological polar surface area (TPSA) is 42.5 Å². The van der Waals surface area contributed by atoms with E-state index >= 15 is 0 Å². The average Bonchev–Trinajstić information content (AvgIpc) is 2.45. The fourth-order valence-corrected chi connectivity index (χ4v) is 2.05. The van der Waals surface area contributed by atoms with Crippen molar-refractivity contribution in [2.75, 3.05) is 26.9 Å². The van der Waals surface area contributed by atoms with Crippen LogP contribution in [0.25, 0.3) is 0 Å². The Balaban J connectivity index is 2.37. The van der Waals surface area contributed by atoms with Crippen LogP contribution in [0, 0.1) is 0 Å². The van der Waals surface area contributed by atoms with Gasteiger partial charge in [0.1, 0.15) is 5.75 Å². The van der Waals surface area contributed by atoms with Gasteiger partial charge in [0.15, 0.2) is 5.11 Å². The second-order valence-corrected chi connectivity index (χ2v) is 4.88. The summed E-state index contributed by atoms with van der Waals surface area (Å²) in [6, 6.07) is 8.22. The number of hydrogen-bond acceptors (Lipinski definition) is 3. The predicted octanol–water partition coefficient (Wildman–Crippen LogP) is 2.65. The first-order chi connectivity index (χ1) is 9.67. The lowest BCUT2D eigenvalue weighted by atomic mass is 10.1. The predicted molar refractivity (Wildman–Crippen MR) is 86.3 cm³/mol. The standard InChI is InChI=1S/C15H24N2O2S/c1-4-19-14-8-6-13(7-9-14)12(2)17-15(20)16-10-5-11-18-3/h6-9,12H,4-5,10-11H2,1-3H3,(H2,16,17,20)/t12-/m1/s1. The maximum atomic E-state index is 5.43. The summed E-state index contributed by atoms with van der Waals surface area (Å²) in [6.07, 6.45) is 0.940. The molecule has 0 amide bonds. The first kappa shape index (κ1) is 16.7. The summed E-state index contributed by atoms with van der Waals surface area (Å²) < 4.78 is 10.4. The summed E-state index contributed by atoms with van der Waals surface area (Å²) in [5, 5.41) is 7.10. The van der Waals surface area contributed by atoms with E-state index in [2.05, 4.69) is 29.7 Å². The van der Waals surface area contributed by atoms with Gasteiger partial charge in [0.25, 0.3) is 0 Å². The van der Waals surface area contributed by atoms with Crippen molar-refractivity contribution in [3.8, 4) is 5.75 Å². The Morgan fingerprint density at radius 2 is 2.00 bits per heavy atom. The summed E-state index contributed by atoms with van der Waals surface area (Å²) in [6.45, 7) is 6.30. The highest BCUT2D eigenvalue weighted by atomic mass is 32.1. The smallest absolute Gasteiger partial charge is 0.166 e. The minimum atomic E-state index is 0.160. The van der Waals surface area contributed by atoms with Gasteiger partial charge in [0.2, 0.25) is 0 Å². The third-order valence-corrected chi connectivity index (χ3v) is 3.11. The van der Waals surface area contributed by atoms with E-state index in [9.17, 15) is 0 Å². The Kier molecular flexibility index (Phi) is 7.99. The fraction of sp³-hybridized carbons (Fsp3) is 0.533. The van der Waals surface area contributed by atoms with Crippen LogP contribution in [0.5, 0.6) is 5.75 Å². The Labute approximate surface area is 126 Å². The molecule has 0 fully saturated rings. The van der Waals surface area contributed by atoms with Crippen LogP contribution in [-0.4, -0.2) is 32.0 Å². The van der Waals surface area contributed by atoms with Gasteiger partial charge in [0.05, 0.1) is 12.6 Å². The van der Waals surface area contributed by atoms with Crippen LogP contribution in [0.3, 0.4) is 0 Å². The molecule has 0 aliphatic rings. The lowest BCUT2D eigenvalue weighted by molar-refractivity contribution is 0.195. The molecule has 1 aromatic rings. The van der Waals surface area contributed by atoms with E-state index in [0.717, 1.165) is 25.3 Å². The number of methoxy groups -OCH3 is 1. The molecule has 0 aromatic heterocycles. The van der Waals surface area contributed by atoms with E-state index in [1.807, 2.05) is 19.1 Å². The molecule has 0 radical (unpaired) electrons. The minimum Gasteiger partial charge on any atom is -0.494 e. The van der Waals surface area contributed by atoms with Gasteiger partial charge in [-0.2, -0.15) is 0 Å². The molecule has 20 heavy (non-hydrogen) atoms. The van der Waals surface area contributed by atoms with Crippen molar-refractivity contribution in [2.24, 2.45) is 0 Å². The highest BCUT2D eigenvalue weighted by molar-refractivity contribution is 7.80. The highest BCUT2D eigenvalue weighted by Gasteiger charge is 2.06. The van der Waals surface area contributed by atoms with Crippen molar-refractivity contribution in [1.29, 1.82) is 0 Å². The SMILES string of the molecule is CCOc1ccc([C@@H](C)NC(=S)NCCCOC)cc1. The molecule has 1 rings (SSSR count). The molecule has 4 nitrogen and oxygen atoms in total. The van der Waals surface area contributed by atoms with Gasteiger partial charge in [-0.25, -0.2) is 0 Å². The van der Waals surface area contributed by atoms with Crippen molar-refractivity contribution in [2.45, 2.75) is 26.3 Å². The third kappa shape index (κ3) is 6.21. The fourth-order valence-electron chi connectivity index (χ4n) is 1.77. The van der Waals surface area contributed by atoms with Crippen LogP contribution in [-0.2, 0) is 4.74 Å². The lowest BCUT2D eigenvalue weighted by Crippen LogP contribution is -2.37. The van der Waals surface area contributed by atoms with Crippen LogP contribution in [0.2, 0.25) is 0 Å². The quantitative estimate of drug-likeness (QED) is 0.570. The monoisotopic (exact) mass is 296 g/mol. The van der Waals surface area contributed by atoms with E-state index in [-0.39, 0.29) is 6.04 Å². The number of nitrogens with one attached hydrogen (secondary N) is 2. The Morgan fingerprint density at radius 1 is 1.30 bits per heavy atom. The molecule has 0 unspecified atom stereocenters. The molecular weight excluding hydrogens is 272 g/mol. The molecular formula is C15H24N2O2S. The first-order valence-electron chi connectivity index (χ1n) is 6.93. The highest BCUT2D eigenvalue weighted by Crippen LogP contribution is 2.17. The molecule has 0 heterocycles. The van der Waals surface area contributed by atoms with E-state index in [1.165, 1.54) is 5.56 Å². The summed E-state index contributed by atoms with van der Waals surface area (Å²) in [5.41, 5.74) is 1.18. The van der Waals surface area contributed by atoms with Crippen molar-refractivity contribution in [1.82, 2.24) is 10.6 Å². The van der Waals surface area contributed by atoms with E-state index < -0.39 is 0 Å². The molecule has 0 spiro atoms. The van der Waals surface area contributed by atoms with Gasteiger partial charge in [-0.05, 0) is 50.2 Å². The van der Waals surface area contributed by atoms with Crippen molar-refractivity contribution in [3.63, 3.8) is 0 Å². The van der Waals surface area contributed by atoms with E-state index in [1.54, 1.807) is 7.11 Å². The Hall–Kier alpha value is -1.33. The number of ether oxygens (including phenoxy) is 2. The molecule has 1 atom stereocenters. The third-order valence-electron chi connectivity index (χ3n) is 2.85. The van der Waals surface area contributed by atoms with E-state index in [4.69, 9.17) is 21.7 Å². The Morgan fingerprint density at radius 3 is 2.60 bits per heavy atom. The van der Waals surface area contributed by atoms with Gasteiger partial charge < -0.3 is 20.1 Å². The molecule has 0 aliphatic carbocycles. The molecule has 112 valence electrons. The summed E-state index contributed by atoms with van der Waals surface area (Å²) in [4.78, 5) is 0. The van der Waals surface area contributed by atoms with Crippen molar-refractivity contribution >= 4 is 17.3 Å². The van der Waals surface area contributed by atoms with Crippen LogP contribution in [0.4, 0.5) is 0 Å². The number of hydrogen-bond donors (Lipinski definition) is 2. The van der Waals surface area contributed by atoms with Gasteiger partial charge in [0, 0.05) is 20.3 Å². The van der Waals surface area contributed by atoms with Crippen molar-refractivity contribution in [3.05, 3.63) is 29.8 Å². The normalized spacial score (nSPS) is 11.8. The first-order valence-corrected chi connectivity index (χ1v) is 7.34. The number of benzene rings is 1. The maximum Gasteiger partial charge on any atom is 0.166 e. The molecule has 0 bridgehead atoms. The molecule has 0 saturated heterocycles. The second-order valence-electron chi connectivity index (χ2n) is 4.47. The van der Waals surface area contributed by atoms with Gasteiger partial charge in [-0.3, -0.25) is 0 Å². The number of thiocarbonyl (C=S) groups is 1. The molecule has 1 aromatic carbocycles. The van der Waals surface area contributed by atoms with Gasteiger partial charge in [-0.15, -0.1) is 0 Å². The number of rotatable bonds is 8. The van der Waals surface area contributed by atoms with E-state index in [0.29, 0.717) is 11.7 Å². The molecule has 5 heteroatoms. The Bertz CT molecular complexity index is 395. The summed E-state index contributed by atoms with van der Waals surface area (Å²) >= 11 is 5.26. The van der Waals surface area contributed by atoms with Gasteiger partial charge in [-0.1, -0.05) is 12.1 Å². The van der Waals surface area contributed by atoms with Crippen LogP contribution < -0.4 is 15.4 Å². The van der Waals surface area contributed by atoms with Crippen LogP contribution >= 0.6 is 12.2 Å². The second kappa shape index (κ2) is 9.55. The average molecular weight is 296 g/mol. The van der Waals surface area contributed by atoms with Crippen LogP contribution in [0.15, 0.2) is 24.3 Å². The lowest BCUT2D eigenvalue weighted by Gasteiger charge is -2.17. The maximum absolute atomic E-state index is 5.43. The largest absolute Gasteiger partial charge is 0.494 e. The zero-order valence-electron chi connectivity index (χ0n) is 12.4. The molecule has 0 aliphatic heterocycles. The summed E-state index contributed by atoms with van der Waals surface area (Å²) in [7, 11) is 1.70. The van der Waals surface area contributed by atoms with Gasteiger partial charge >= 0.3 is 0 Å². The van der Waals surface area contributed by atoms with Crippen LogP contribution in [0.1, 0.15) is 31.9 Å². The molecule has 0 saturated carbocycles. The summed E-state index contributed by atoms with van der Waals surface area (Å²) in [5.74, 6) is 0.892.